The summed E-state index contributed by atoms with van der Waals surface area (Å²) in [6.45, 7) is 3.73. The third kappa shape index (κ3) is 5.41. The number of nitro groups is 1. The average molecular weight is 425 g/mol. The van der Waals surface area contributed by atoms with E-state index in [0.29, 0.717) is 31.0 Å². The number of unbranched alkanes of at least 4 members (excludes halogenated alkanes) is 1. The van der Waals surface area contributed by atoms with Gasteiger partial charge in [-0.15, -0.1) is 5.10 Å². The third-order valence-corrected chi connectivity index (χ3v) is 5.01. The monoisotopic (exact) mass is 425 g/mol. The Labute approximate surface area is 180 Å². The van der Waals surface area contributed by atoms with Crippen molar-refractivity contribution in [2.75, 3.05) is 7.11 Å². The van der Waals surface area contributed by atoms with Gasteiger partial charge in [-0.05, 0) is 39.6 Å². The third-order valence-electron chi connectivity index (χ3n) is 5.01. The number of methoxy groups -OCH3 is 1. The van der Waals surface area contributed by atoms with Crippen LogP contribution in [0.1, 0.15) is 48.3 Å². The molecule has 1 aromatic heterocycles. The summed E-state index contributed by atoms with van der Waals surface area (Å²) in [5, 5.41) is 27.2. The molecule has 3 rings (SSSR count). The lowest BCUT2D eigenvalue weighted by atomic mass is 10.0. The number of tetrazole rings is 1. The fourth-order valence-electron chi connectivity index (χ4n) is 3.36. The van der Waals surface area contributed by atoms with Crippen LogP contribution in [0.25, 0.3) is 0 Å². The van der Waals surface area contributed by atoms with Crippen molar-refractivity contribution in [2.24, 2.45) is 5.73 Å². The highest BCUT2D eigenvalue weighted by atomic mass is 16.6. The molecule has 3 N–H and O–H groups in total. The molecular formula is C21H27N7O3. The van der Waals surface area contributed by atoms with Crippen LogP contribution in [0.4, 0.5) is 5.69 Å². The predicted molar refractivity (Wildman–Crippen MR) is 115 cm³/mol. The second kappa shape index (κ2) is 10.6. The summed E-state index contributed by atoms with van der Waals surface area (Å²) < 4.78 is 6.89. The van der Waals surface area contributed by atoms with Crippen LogP contribution in [0.3, 0.4) is 0 Å². The van der Waals surface area contributed by atoms with Gasteiger partial charge in [0.15, 0.2) is 11.6 Å². The van der Waals surface area contributed by atoms with E-state index in [4.69, 9.17) is 10.5 Å². The van der Waals surface area contributed by atoms with E-state index in [1.54, 1.807) is 16.8 Å². The maximum Gasteiger partial charge on any atom is 0.311 e. The van der Waals surface area contributed by atoms with Crippen molar-refractivity contribution in [1.82, 2.24) is 25.5 Å². The number of ether oxygens (including phenoxy) is 1. The van der Waals surface area contributed by atoms with Crippen molar-refractivity contribution < 1.29 is 9.66 Å². The highest BCUT2D eigenvalue weighted by Gasteiger charge is 2.25. The first-order valence-corrected chi connectivity index (χ1v) is 10.2. The average Bonchev–Trinajstić information content (AvgIpc) is 3.26. The van der Waals surface area contributed by atoms with E-state index in [9.17, 15) is 10.1 Å². The first-order chi connectivity index (χ1) is 15.1. The molecular weight excluding hydrogens is 398 g/mol. The van der Waals surface area contributed by atoms with Gasteiger partial charge < -0.3 is 10.5 Å². The first kappa shape index (κ1) is 22.3. The molecule has 10 nitrogen and oxygen atoms in total. The van der Waals surface area contributed by atoms with Crippen molar-refractivity contribution in [3.63, 3.8) is 0 Å². The first-order valence-electron chi connectivity index (χ1n) is 10.2. The van der Waals surface area contributed by atoms with Gasteiger partial charge in [0, 0.05) is 25.7 Å². The van der Waals surface area contributed by atoms with Crippen molar-refractivity contribution >= 4 is 5.69 Å². The summed E-state index contributed by atoms with van der Waals surface area (Å²) in [7, 11) is 1.41. The zero-order valence-corrected chi connectivity index (χ0v) is 17.7. The Bertz CT molecular complexity index is 1020. The minimum absolute atomic E-state index is 0.107. The number of hydrogen-bond acceptors (Lipinski definition) is 8. The summed E-state index contributed by atoms with van der Waals surface area (Å²) in [5.74, 6) is 0.802. The molecule has 0 bridgehead atoms. The van der Waals surface area contributed by atoms with Gasteiger partial charge in [0.2, 0.25) is 0 Å². The van der Waals surface area contributed by atoms with Crippen LogP contribution in [0.15, 0.2) is 42.5 Å². The molecule has 3 aromatic rings. The fraction of sp³-hybridized carbons (Fsp3) is 0.381. The van der Waals surface area contributed by atoms with Gasteiger partial charge in [-0.3, -0.25) is 15.4 Å². The van der Waals surface area contributed by atoms with Gasteiger partial charge in [-0.2, -0.15) is 0 Å². The van der Waals surface area contributed by atoms with E-state index in [2.05, 4.69) is 27.8 Å². The van der Waals surface area contributed by atoms with Crippen LogP contribution in [-0.2, 0) is 19.6 Å². The topological polar surface area (TPSA) is 134 Å². The molecule has 1 heterocycles. The van der Waals surface area contributed by atoms with Gasteiger partial charge in [0.1, 0.15) is 0 Å². The summed E-state index contributed by atoms with van der Waals surface area (Å²) >= 11 is 0. The van der Waals surface area contributed by atoms with E-state index in [1.165, 1.54) is 13.2 Å². The quantitative estimate of drug-likeness (QED) is 0.354. The number of hydrogen-bond donors (Lipinski definition) is 2. The van der Waals surface area contributed by atoms with Crippen molar-refractivity contribution in [1.29, 1.82) is 0 Å². The Kier molecular flexibility index (Phi) is 7.63. The fourth-order valence-corrected chi connectivity index (χ4v) is 3.36. The van der Waals surface area contributed by atoms with Gasteiger partial charge in [0.25, 0.3) is 0 Å². The molecule has 2 aromatic carbocycles. The smallest absolute Gasteiger partial charge is 0.311 e. The van der Waals surface area contributed by atoms with Crippen LogP contribution < -0.4 is 15.8 Å². The standard InChI is InChI=1S/C21H27N7O3/c1-3-4-10-27-21(24-25-26-27)20(23-14-16-7-5-6-15(11-16)13-22)17-8-9-19(31-2)18(12-17)28(29)30/h5-9,11-12,20,23H,3-4,10,13-14,22H2,1-2H3. The SMILES string of the molecule is CCCCn1nnnc1C(NCc1cccc(CN)c1)c1ccc(OC)c([N+](=O)[O-])c1. The number of aromatic nitrogens is 4. The maximum atomic E-state index is 11.5. The molecule has 0 saturated carbocycles. The summed E-state index contributed by atoms with van der Waals surface area (Å²) in [5.41, 5.74) is 8.40. The van der Waals surface area contributed by atoms with Gasteiger partial charge in [-0.1, -0.05) is 43.7 Å². The van der Waals surface area contributed by atoms with Crippen molar-refractivity contribution in [2.45, 2.75) is 45.4 Å². The second-order valence-electron chi connectivity index (χ2n) is 7.14. The van der Waals surface area contributed by atoms with Crippen LogP contribution >= 0.6 is 0 Å². The largest absolute Gasteiger partial charge is 0.490 e. The summed E-state index contributed by atoms with van der Waals surface area (Å²) in [6.07, 6.45) is 1.92. The predicted octanol–water partition coefficient (Wildman–Crippen LogP) is 2.73. The lowest BCUT2D eigenvalue weighted by molar-refractivity contribution is -0.385. The number of nitro benzene ring substituents is 1. The zero-order valence-electron chi connectivity index (χ0n) is 17.7. The minimum atomic E-state index is -0.454. The van der Waals surface area contributed by atoms with Crippen LogP contribution in [0.2, 0.25) is 0 Å². The molecule has 10 heteroatoms. The number of benzene rings is 2. The molecule has 0 spiro atoms. The number of nitrogens with zero attached hydrogens (tertiary/aromatic N) is 5. The van der Waals surface area contributed by atoms with E-state index in [0.717, 1.165) is 24.0 Å². The molecule has 0 fully saturated rings. The Balaban J connectivity index is 1.97. The van der Waals surface area contributed by atoms with Crippen LogP contribution in [0.5, 0.6) is 5.75 Å². The molecule has 31 heavy (non-hydrogen) atoms. The Morgan fingerprint density at radius 3 is 2.77 bits per heavy atom. The highest BCUT2D eigenvalue weighted by Crippen LogP contribution is 2.32. The van der Waals surface area contributed by atoms with Gasteiger partial charge in [0.05, 0.1) is 18.1 Å². The molecule has 0 radical (unpaired) electrons. The molecule has 1 unspecified atom stereocenters. The van der Waals surface area contributed by atoms with E-state index in [1.807, 2.05) is 24.3 Å². The molecule has 0 amide bonds. The molecule has 164 valence electrons. The lowest BCUT2D eigenvalue weighted by Gasteiger charge is -2.19. The molecule has 0 aliphatic rings. The Morgan fingerprint density at radius 1 is 1.26 bits per heavy atom. The molecule has 0 aliphatic heterocycles. The number of rotatable bonds is 11. The van der Waals surface area contributed by atoms with E-state index >= 15 is 0 Å². The number of nitrogens with one attached hydrogen (secondary N) is 1. The van der Waals surface area contributed by atoms with E-state index < -0.39 is 11.0 Å². The van der Waals surface area contributed by atoms with Gasteiger partial charge >= 0.3 is 5.69 Å². The molecule has 1 atom stereocenters. The Morgan fingerprint density at radius 2 is 2.06 bits per heavy atom. The summed E-state index contributed by atoms with van der Waals surface area (Å²) in [4.78, 5) is 11.1. The van der Waals surface area contributed by atoms with Crippen LogP contribution in [-0.4, -0.2) is 32.2 Å². The zero-order chi connectivity index (χ0) is 22.2. The summed E-state index contributed by atoms with van der Waals surface area (Å²) in [6, 6.07) is 12.4. The van der Waals surface area contributed by atoms with E-state index in [-0.39, 0.29) is 11.4 Å². The van der Waals surface area contributed by atoms with Crippen LogP contribution in [0, 0.1) is 10.1 Å². The normalized spacial score (nSPS) is 12.0. The van der Waals surface area contributed by atoms with Gasteiger partial charge in [-0.25, -0.2) is 4.68 Å². The maximum absolute atomic E-state index is 11.5. The van der Waals surface area contributed by atoms with Crippen molar-refractivity contribution in [3.05, 3.63) is 75.1 Å². The number of nitrogens with two attached hydrogens (primary N) is 1. The number of aryl methyl sites for hydroxylation is 1. The second-order valence-corrected chi connectivity index (χ2v) is 7.14. The lowest BCUT2D eigenvalue weighted by Crippen LogP contribution is -2.26. The highest BCUT2D eigenvalue weighted by molar-refractivity contribution is 5.50. The minimum Gasteiger partial charge on any atom is -0.490 e. The Hall–Kier alpha value is -3.37. The van der Waals surface area contributed by atoms with Crippen molar-refractivity contribution in [3.8, 4) is 5.75 Å². The molecule has 0 saturated heterocycles. The molecule has 0 aliphatic carbocycles.